The molecular weight excluding hydrogens is 554 g/mol. The molecule has 5 saturated carbocycles. The maximum atomic E-state index is 15.2. The lowest BCUT2D eigenvalue weighted by molar-refractivity contribution is -0.247. The van der Waals surface area contributed by atoms with Crippen molar-refractivity contribution < 1.29 is 9.90 Å². The number of hydrogen-bond donors (Lipinski definition) is 2. The van der Waals surface area contributed by atoms with E-state index in [0.717, 1.165) is 75.0 Å². The van der Waals surface area contributed by atoms with E-state index >= 15 is 4.79 Å². The van der Waals surface area contributed by atoms with Crippen molar-refractivity contribution in [2.24, 2.45) is 56.7 Å². The number of aromatic nitrogens is 2. The number of hydrogen-bond acceptors (Lipinski definition) is 3. The second kappa shape index (κ2) is 10.3. The SMILES string of the molecule is C=C(C)c1cnc([C@@H]2CCCN2C(=O)[C@]23CC[C@@H](C(=C)C)[C@@H]2[C@H]2CC[C@@H]4[C@@]5(C)CC[C@H](O)C(C)(C)[C@@H]5CC[C@@]4(C)[C@]2(C)CC3)[nH]1. The van der Waals surface area contributed by atoms with E-state index in [-0.39, 0.29) is 39.2 Å². The van der Waals surface area contributed by atoms with Gasteiger partial charge in [-0.05, 0) is 148 Å². The molecule has 1 aliphatic heterocycles. The molecule has 0 unspecified atom stereocenters. The molecule has 1 saturated heterocycles. The third kappa shape index (κ3) is 4.13. The van der Waals surface area contributed by atoms with Gasteiger partial charge in [-0.3, -0.25) is 4.79 Å². The van der Waals surface area contributed by atoms with Crippen LogP contribution in [0.4, 0.5) is 0 Å². The molecule has 5 aliphatic carbocycles. The third-order valence-electron chi connectivity index (χ3n) is 16.4. The van der Waals surface area contributed by atoms with Crippen LogP contribution in [0.1, 0.15) is 143 Å². The Morgan fingerprint density at radius 3 is 2.36 bits per heavy atom. The molecule has 1 amide bonds. The summed E-state index contributed by atoms with van der Waals surface area (Å²) in [6, 6.07) is 0.0336. The number of aliphatic hydroxyl groups is 1. The lowest BCUT2D eigenvalue weighted by Crippen LogP contribution is -2.67. The highest BCUT2D eigenvalue weighted by atomic mass is 16.3. The van der Waals surface area contributed by atoms with Crippen LogP contribution in [0.15, 0.2) is 24.9 Å². The fourth-order valence-corrected chi connectivity index (χ4v) is 13.8. The largest absolute Gasteiger partial charge is 0.393 e. The van der Waals surface area contributed by atoms with Gasteiger partial charge >= 0.3 is 0 Å². The number of fused-ring (bicyclic) bond motifs is 7. The lowest BCUT2D eigenvalue weighted by atomic mass is 9.32. The number of rotatable bonds is 4. The first-order valence-electron chi connectivity index (χ1n) is 18.5. The van der Waals surface area contributed by atoms with Crippen LogP contribution >= 0.6 is 0 Å². The number of allylic oxidation sites excluding steroid dienone is 2. The van der Waals surface area contributed by atoms with Gasteiger partial charge in [0.05, 0.1) is 29.5 Å². The summed E-state index contributed by atoms with van der Waals surface area (Å²) in [5.74, 6) is 3.94. The minimum Gasteiger partial charge on any atom is -0.393 e. The molecule has 45 heavy (non-hydrogen) atoms. The summed E-state index contributed by atoms with van der Waals surface area (Å²) in [5.41, 5.74) is 3.66. The molecule has 11 atom stereocenters. The normalized spacial score (nSPS) is 46.9. The van der Waals surface area contributed by atoms with E-state index in [1.54, 1.807) is 0 Å². The first-order valence-corrected chi connectivity index (χ1v) is 18.5. The highest BCUT2D eigenvalue weighted by Crippen LogP contribution is 2.77. The highest BCUT2D eigenvalue weighted by Gasteiger charge is 2.72. The van der Waals surface area contributed by atoms with E-state index < -0.39 is 0 Å². The Bertz CT molecular complexity index is 1390. The van der Waals surface area contributed by atoms with Crippen LogP contribution < -0.4 is 0 Å². The van der Waals surface area contributed by atoms with Crippen molar-refractivity contribution in [2.45, 2.75) is 138 Å². The molecule has 248 valence electrons. The second-order valence-corrected chi connectivity index (χ2v) is 18.3. The summed E-state index contributed by atoms with van der Waals surface area (Å²) in [4.78, 5) is 25.7. The second-order valence-electron chi connectivity index (χ2n) is 18.3. The average molecular weight is 616 g/mol. The Hall–Kier alpha value is -1.88. The van der Waals surface area contributed by atoms with Gasteiger partial charge in [-0.1, -0.05) is 53.3 Å². The van der Waals surface area contributed by atoms with E-state index in [1.165, 1.54) is 31.3 Å². The zero-order valence-electron chi connectivity index (χ0n) is 29.5. The summed E-state index contributed by atoms with van der Waals surface area (Å²) >= 11 is 0. The number of likely N-dealkylation sites (tertiary alicyclic amines) is 1. The van der Waals surface area contributed by atoms with Crippen LogP contribution in [0.3, 0.4) is 0 Å². The van der Waals surface area contributed by atoms with Crippen LogP contribution in [-0.2, 0) is 4.79 Å². The molecule has 5 heteroatoms. The highest BCUT2D eigenvalue weighted by molar-refractivity contribution is 5.84. The molecule has 0 aromatic carbocycles. The van der Waals surface area contributed by atoms with E-state index in [9.17, 15) is 5.11 Å². The molecule has 1 aromatic rings. The minimum atomic E-state index is -0.290. The van der Waals surface area contributed by atoms with E-state index in [4.69, 9.17) is 4.98 Å². The zero-order valence-corrected chi connectivity index (χ0v) is 29.5. The van der Waals surface area contributed by atoms with E-state index in [2.05, 4.69) is 64.6 Å². The molecule has 1 aromatic heterocycles. The number of carbonyl (C=O) groups excluding carboxylic acids is 1. The fourth-order valence-electron chi connectivity index (χ4n) is 13.8. The molecule has 7 rings (SSSR count). The third-order valence-corrected chi connectivity index (χ3v) is 16.4. The zero-order chi connectivity index (χ0) is 32.3. The predicted octanol–water partition coefficient (Wildman–Crippen LogP) is 9.12. The molecule has 6 aliphatic rings. The first-order chi connectivity index (χ1) is 21.1. The number of nitrogens with one attached hydrogen (secondary N) is 1. The molecule has 0 spiro atoms. The summed E-state index contributed by atoms with van der Waals surface area (Å²) < 4.78 is 0. The summed E-state index contributed by atoms with van der Waals surface area (Å²) in [5, 5.41) is 11.1. The Morgan fingerprint density at radius 1 is 0.911 bits per heavy atom. The Morgan fingerprint density at radius 2 is 1.67 bits per heavy atom. The van der Waals surface area contributed by atoms with E-state index in [0.29, 0.717) is 35.5 Å². The number of imidazole rings is 1. The topological polar surface area (TPSA) is 69.2 Å². The van der Waals surface area contributed by atoms with Gasteiger partial charge in [0.15, 0.2) is 0 Å². The summed E-state index contributed by atoms with van der Waals surface area (Å²) in [6.45, 7) is 26.4. The number of nitrogens with zero attached hydrogens (tertiary/aromatic N) is 2. The number of H-pyrrole nitrogens is 1. The standard InChI is InChI=1S/C40H61N3O2/c1-24(2)26-14-19-40(35(45)43-22-10-11-29(43)34-41-23-28(42-34)25(3)4)21-20-38(8)27(33(26)40)12-13-31-37(7)17-16-32(44)36(5,6)30(37)15-18-39(31,38)9/h23,26-27,29-33,44H,1,3,10-22H2,2,4-9H3,(H,41,42)/t26-,27+,29-,30-,31+,32-,33+,37-,38+,39+,40-/m0/s1. The molecule has 0 radical (unpaired) electrons. The van der Waals surface area contributed by atoms with Crippen LogP contribution in [0.2, 0.25) is 0 Å². The first kappa shape index (κ1) is 31.7. The Balaban J connectivity index is 1.24. The van der Waals surface area contributed by atoms with Gasteiger partial charge in [-0.15, -0.1) is 0 Å². The molecular formula is C40H61N3O2. The summed E-state index contributed by atoms with van der Waals surface area (Å²) in [6.07, 6.45) is 15.0. The smallest absolute Gasteiger partial charge is 0.229 e. The van der Waals surface area contributed by atoms with Crippen molar-refractivity contribution in [1.29, 1.82) is 0 Å². The predicted molar refractivity (Wildman–Crippen MR) is 182 cm³/mol. The van der Waals surface area contributed by atoms with Gasteiger partial charge in [0.25, 0.3) is 0 Å². The molecule has 2 N–H and O–H groups in total. The number of aliphatic hydroxyl groups excluding tert-OH is 1. The van der Waals surface area contributed by atoms with Gasteiger partial charge in [0.2, 0.25) is 5.91 Å². The van der Waals surface area contributed by atoms with Crippen molar-refractivity contribution in [2.75, 3.05) is 6.54 Å². The quantitative estimate of drug-likeness (QED) is 0.332. The number of carbonyl (C=O) groups is 1. The number of amides is 1. The molecule has 2 heterocycles. The van der Waals surface area contributed by atoms with Crippen molar-refractivity contribution in [3.05, 3.63) is 36.4 Å². The Labute approximate surface area is 273 Å². The Kier molecular flexibility index (Phi) is 7.26. The average Bonchev–Trinajstić information content (AvgIpc) is 3.74. The van der Waals surface area contributed by atoms with Gasteiger partial charge in [-0.25, -0.2) is 4.98 Å². The van der Waals surface area contributed by atoms with Crippen molar-refractivity contribution in [3.63, 3.8) is 0 Å². The number of aromatic amines is 1. The monoisotopic (exact) mass is 615 g/mol. The molecule has 0 bridgehead atoms. The van der Waals surface area contributed by atoms with E-state index in [1.807, 2.05) is 13.1 Å². The fraction of sp³-hybridized carbons (Fsp3) is 0.800. The van der Waals surface area contributed by atoms with Gasteiger partial charge < -0.3 is 15.0 Å². The van der Waals surface area contributed by atoms with Crippen molar-refractivity contribution >= 4 is 11.5 Å². The van der Waals surface area contributed by atoms with Crippen LogP contribution in [-0.4, -0.2) is 38.5 Å². The molecule has 6 fully saturated rings. The van der Waals surface area contributed by atoms with Crippen molar-refractivity contribution in [3.8, 4) is 0 Å². The van der Waals surface area contributed by atoms with Gasteiger partial charge in [0.1, 0.15) is 5.82 Å². The molecule has 5 nitrogen and oxygen atoms in total. The van der Waals surface area contributed by atoms with Crippen LogP contribution in [0.5, 0.6) is 0 Å². The lowest BCUT2D eigenvalue weighted by Gasteiger charge is -2.73. The van der Waals surface area contributed by atoms with Crippen LogP contribution in [0, 0.1) is 56.7 Å². The van der Waals surface area contributed by atoms with Crippen LogP contribution in [0.25, 0.3) is 5.57 Å². The maximum Gasteiger partial charge on any atom is 0.229 e. The maximum absolute atomic E-state index is 15.2. The summed E-state index contributed by atoms with van der Waals surface area (Å²) in [7, 11) is 0. The van der Waals surface area contributed by atoms with Crippen molar-refractivity contribution in [1.82, 2.24) is 14.9 Å². The van der Waals surface area contributed by atoms with Gasteiger partial charge in [-0.2, -0.15) is 0 Å². The minimum absolute atomic E-state index is 0.0257. The van der Waals surface area contributed by atoms with Gasteiger partial charge in [0, 0.05) is 6.54 Å².